The lowest BCUT2D eigenvalue weighted by atomic mass is 9.63. The van der Waals surface area contributed by atoms with E-state index in [0.717, 1.165) is 39.4 Å². The highest BCUT2D eigenvalue weighted by Crippen LogP contribution is 2.55. The molecule has 0 radical (unpaired) electrons. The van der Waals surface area contributed by atoms with Gasteiger partial charge in [0.2, 0.25) is 0 Å². The average Bonchev–Trinajstić information content (AvgIpc) is 3.55. The number of nitrogens with zero attached hydrogens (tertiary/aromatic N) is 1. The van der Waals surface area contributed by atoms with Crippen LogP contribution in [0.2, 0.25) is 0 Å². The summed E-state index contributed by atoms with van der Waals surface area (Å²) in [5, 5.41) is 2.51. The van der Waals surface area contributed by atoms with Crippen LogP contribution >= 0.6 is 0 Å². The van der Waals surface area contributed by atoms with Gasteiger partial charge in [-0.25, -0.2) is 0 Å². The molecule has 9 aromatic rings. The molecule has 0 fully saturated rings. The van der Waals surface area contributed by atoms with E-state index in [-0.39, 0.29) is 0 Å². The summed E-state index contributed by atoms with van der Waals surface area (Å²) < 4.78 is 9.06. The molecule has 0 amide bonds. The number of benzene rings is 8. The second-order valence-electron chi connectivity index (χ2n) is 13.3. The predicted octanol–water partition coefficient (Wildman–Crippen LogP) is 12.6. The Morgan fingerprint density at radius 3 is 1.71 bits per heavy atom. The highest BCUT2D eigenvalue weighted by molar-refractivity contribution is 6.13. The first-order valence-corrected chi connectivity index (χ1v) is 17.5. The molecule has 1 aliphatic heterocycles. The van der Waals surface area contributed by atoms with E-state index in [0.29, 0.717) is 0 Å². The van der Waals surface area contributed by atoms with E-state index >= 15 is 0 Å². The van der Waals surface area contributed by atoms with Gasteiger partial charge in [0.25, 0.3) is 0 Å². The SMILES string of the molecule is c1ccc(-n2c3ccccc3c3cccc(-c4ccc(-c5ccc6c(c5)C(c5ccccc5)(c5ccccc5)c5ccccc5O6)cc4)c32)cc1. The summed E-state index contributed by atoms with van der Waals surface area (Å²) in [6.45, 7) is 0. The van der Waals surface area contributed by atoms with Crippen molar-refractivity contribution in [2.24, 2.45) is 0 Å². The molecule has 0 N–H and O–H groups in total. The largest absolute Gasteiger partial charge is 0.457 e. The monoisotopic (exact) mass is 651 g/mol. The summed E-state index contributed by atoms with van der Waals surface area (Å²) in [7, 11) is 0. The first-order chi connectivity index (χ1) is 25.3. The minimum atomic E-state index is -0.552. The van der Waals surface area contributed by atoms with Crippen molar-refractivity contribution in [3.8, 4) is 39.4 Å². The molecule has 8 aromatic carbocycles. The third kappa shape index (κ3) is 4.50. The number of hydrogen-bond donors (Lipinski definition) is 0. The zero-order valence-electron chi connectivity index (χ0n) is 27.9. The van der Waals surface area contributed by atoms with Gasteiger partial charge >= 0.3 is 0 Å². The average molecular weight is 652 g/mol. The van der Waals surface area contributed by atoms with Crippen LogP contribution in [0.3, 0.4) is 0 Å². The first-order valence-electron chi connectivity index (χ1n) is 17.5. The van der Waals surface area contributed by atoms with Crippen molar-refractivity contribution in [2.75, 3.05) is 0 Å². The molecule has 2 heteroatoms. The zero-order chi connectivity index (χ0) is 33.8. The molecule has 2 heterocycles. The molecule has 0 spiro atoms. The molecule has 1 aromatic heterocycles. The maximum absolute atomic E-state index is 6.65. The molecule has 0 aliphatic carbocycles. The number of fused-ring (bicyclic) bond motifs is 5. The van der Waals surface area contributed by atoms with Crippen molar-refractivity contribution in [3.05, 3.63) is 222 Å². The summed E-state index contributed by atoms with van der Waals surface area (Å²) >= 11 is 0. The van der Waals surface area contributed by atoms with Crippen LogP contribution in [0.15, 0.2) is 200 Å². The first kappa shape index (κ1) is 29.3. The lowest BCUT2D eigenvalue weighted by Gasteiger charge is -2.41. The number of hydrogen-bond acceptors (Lipinski definition) is 1. The highest BCUT2D eigenvalue weighted by atomic mass is 16.5. The molecule has 2 nitrogen and oxygen atoms in total. The fraction of sp³-hybridized carbons (Fsp3) is 0.0204. The van der Waals surface area contributed by atoms with E-state index in [1.807, 2.05) is 0 Å². The van der Waals surface area contributed by atoms with Crippen LogP contribution in [0.4, 0.5) is 0 Å². The number of ether oxygens (including phenoxy) is 1. The summed E-state index contributed by atoms with van der Waals surface area (Å²) in [5.41, 5.74) is 12.4. The maximum Gasteiger partial charge on any atom is 0.132 e. The van der Waals surface area contributed by atoms with Crippen molar-refractivity contribution in [3.63, 3.8) is 0 Å². The fourth-order valence-corrected chi connectivity index (χ4v) is 8.32. The Bertz CT molecular complexity index is 2650. The summed E-state index contributed by atoms with van der Waals surface area (Å²) in [5.74, 6) is 1.76. The molecule has 0 saturated heterocycles. The number of aromatic nitrogens is 1. The van der Waals surface area contributed by atoms with Gasteiger partial charge in [-0.05, 0) is 64.2 Å². The Hall–Kier alpha value is -6.64. The smallest absolute Gasteiger partial charge is 0.132 e. The van der Waals surface area contributed by atoms with Gasteiger partial charge in [0, 0.05) is 33.2 Å². The van der Waals surface area contributed by atoms with E-state index in [4.69, 9.17) is 4.74 Å². The Balaban J connectivity index is 1.14. The van der Waals surface area contributed by atoms with Gasteiger partial charge in [0.1, 0.15) is 11.5 Å². The van der Waals surface area contributed by atoms with Crippen LogP contribution in [0.25, 0.3) is 49.7 Å². The fourth-order valence-electron chi connectivity index (χ4n) is 8.32. The van der Waals surface area contributed by atoms with Crippen molar-refractivity contribution in [1.82, 2.24) is 4.57 Å². The van der Waals surface area contributed by atoms with Gasteiger partial charge in [0.15, 0.2) is 0 Å². The Morgan fingerprint density at radius 2 is 0.961 bits per heavy atom. The second kappa shape index (κ2) is 11.8. The van der Waals surface area contributed by atoms with Crippen molar-refractivity contribution in [1.29, 1.82) is 0 Å². The highest BCUT2D eigenvalue weighted by Gasteiger charge is 2.45. The molecule has 51 heavy (non-hydrogen) atoms. The minimum absolute atomic E-state index is 0.552. The lowest BCUT2D eigenvalue weighted by molar-refractivity contribution is 0.434. The quantitative estimate of drug-likeness (QED) is 0.181. The molecule has 0 saturated carbocycles. The topological polar surface area (TPSA) is 14.2 Å². The summed E-state index contributed by atoms with van der Waals surface area (Å²) in [6, 6.07) is 72.0. The van der Waals surface area contributed by atoms with Crippen molar-refractivity contribution in [2.45, 2.75) is 5.41 Å². The zero-order valence-corrected chi connectivity index (χ0v) is 27.9. The molecule has 10 rings (SSSR count). The molecule has 240 valence electrons. The molecular weight excluding hydrogens is 619 g/mol. The van der Waals surface area contributed by atoms with Crippen LogP contribution in [0.1, 0.15) is 22.3 Å². The molecule has 0 bridgehead atoms. The van der Waals surface area contributed by atoms with E-state index in [1.54, 1.807) is 0 Å². The molecule has 0 unspecified atom stereocenters. The standard InChI is InChI=1S/C49H33NO/c1-4-15-37(16-5-1)49(38-17-6-2-7-18-38)43-24-11-13-26-46(43)51-47-32-31-36(33-44(47)49)34-27-29-35(30-28-34)40-22-14-23-42-41-21-10-12-25-45(41)50(48(40)42)39-19-8-3-9-20-39/h1-33H. The third-order valence-corrected chi connectivity index (χ3v) is 10.5. The Labute approximate surface area is 297 Å². The van der Waals surface area contributed by atoms with E-state index in [2.05, 4.69) is 205 Å². The van der Waals surface area contributed by atoms with Crippen molar-refractivity contribution < 1.29 is 4.74 Å². The van der Waals surface area contributed by atoms with Crippen LogP contribution in [0.5, 0.6) is 11.5 Å². The van der Waals surface area contributed by atoms with Gasteiger partial charge in [-0.15, -0.1) is 0 Å². The van der Waals surface area contributed by atoms with Crippen LogP contribution < -0.4 is 4.74 Å². The molecule has 1 aliphatic rings. The van der Waals surface area contributed by atoms with E-state index < -0.39 is 5.41 Å². The van der Waals surface area contributed by atoms with Gasteiger partial charge in [-0.3, -0.25) is 0 Å². The number of para-hydroxylation sites is 4. The van der Waals surface area contributed by atoms with E-state index in [1.165, 1.54) is 44.1 Å². The van der Waals surface area contributed by atoms with Gasteiger partial charge in [-0.2, -0.15) is 0 Å². The van der Waals surface area contributed by atoms with Crippen molar-refractivity contribution >= 4 is 21.8 Å². The molecule has 0 atom stereocenters. The summed E-state index contributed by atoms with van der Waals surface area (Å²) in [6.07, 6.45) is 0. The van der Waals surface area contributed by atoms with Crippen LogP contribution in [-0.4, -0.2) is 4.57 Å². The Morgan fingerprint density at radius 1 is 0.392 bits per heavy atom. The second-order valence-corrected chi connectivity index (χ2v) is 13.3. The maximum atomic E-state index is 6.65. The van der Waals surface area contributed by atoms with Crippen LogP contribution in [0, 0.1) is 0 Å². The normalized spacial score (nSPS) is 13.0. The van der Waals surface area contributed by atoms with Crippen LogP contribution in [-0.2, 0) is 5.41 Å². The predicted molar refractivity (Wildman–Crippen MR) is 210 cm³/mol. The lowest BCUT2D eigenvalue weighted by Crippen LogP contribution is -2.34. The minimum Gasteiger partial charge on any atom is -0.457 e. The number of rotatable bonds is 5. The Kier molecular flexibility index (Phi) is 6.75. The summed E-state index contributed by atoms with van der Waals surface area (Å²) in [4.78, 5) is 0. The van der Waals surface area contributed by atoms with E-state index in [9.17, 15) is 0 Å². The van der Waals surface area contributed by atoms with Gasteiger partial charge < -0.3 is 9.30 Å². The molecular formula is C49H33NO. The third-order valence-electron chi connectivity index (χ3n) is 10.5. The van der Waals surface area contributed by atoms with Gasteiger partial charge in [0.05, 0.1) is 16.4 Å². The van der Waals surface area contributed by atoms with Gasteiger partial charge in [-0.1, -0.05) is 164 Å².